The molecule has 0 N–H and O–H groups in total. The highest BCUT2D eigenvalue weighted by molar-refractivity contribution is 5.76. The first-order valence-electron chi connectivity index (χ1n) is 6.92. The van der Waals surface area contributed by atoms with E-state index < -0.39 is 0 Å². The molecule has 3 heteroatoms. The summed E-state index contributed by atoms with van der Waals surface area (Å²) in [5.41, 5.74) is 2.20. The van der Waals surface area contributed by atoms with E-state index in [0.717, 1.165) is 43.7 Å². The third kappa shape index (κ3) is 3.09. The minimum Gasteiger partial charge on any atom is -0.342 e. The van der Waals surface area contributed by atoms with Crippen molar-refractivity contribution in [2.24, 2.45) is 0 Å². The second-order valence-electron chi connectivity index (χ2n) is 5.13. The summed E-state index contributed by atoms with van der Waals surface area (Å²) in [6, 6.07) is 6.17. The fourth-order valence-electron chi connectivity index (χ4n) is 2.61. The molecular formula is C15H22N2O. The van der Waals surface area contributed by atoms with Crippen LogP contribution in [-0.4, -0.2) is 28.9 Å². The highest BCUT2D eigenvalue weighted by Crippen LogP contribution is 2.26. The van der Waals surface area contributed by atoms with Gasteiger partial charge < -0.3 is 4.90 Å². The van der Waals surface area contributed by atoms with Crippen molar-refractivity contribution in [3.63, 3.8) is 0 Å². The van der Waals surface area contributed by atoms with Crippen LogP contribution >= 0.6 is 0 Å². The molecule has 0 aliphatic carbocycles. The molecule has 0 spiro atoms. The molecule has 0 bridgehead atoms. The van der Waals surface area contributed by atoms with E-state index in [4.69, 9.17) is 0 Å². The number of hydrogen-bond acceptors (Lipinski definition) is 2. The Morgan fingerprint density at radius 2 is 2.33 bits per heavy atom. The number of carbonyl (C=O) groups is 1. The van der Waals surface area contributed by atoms with Crippen molar-refractivity contribution in [2.75, 3.05) is 13.1 Å². The standard InChI is InChI=1S/C15H22N2O/c1-3-6-15(18)17-10-5-8-13(11-17)14-9-4-7-12(2)16-14/h4,7,9,13H,3,5-6,8,10-11H2,1-2H3/t13-/m0/s1. The van der Waals surface area contributed by atoms with Gasteiger partial charge in [0, 0.05) is 36.8 Å². The molecule has 1 aromatic heterocycles. The molecule has 2 heterocycles. The molecule has 2 rings (SSSR count). The lowest BCUT2D eigenvalue weighted by atomic mass is 9.94. The van der Waals surface area contributed by atoms with E-state index in [1.807, 2.05) is 17.9 Å². The first kappa shape index (κ1) is 13.1. The summed E-state index contributed by atoms with van der Waals surface area (Å²) >= 11 is 0. The molecule has 0 unspecified atom stereocenters. The van der Waals surface area contributed by atoms with Gasteiger partial charge in [-0.15, -0.1) is 0 Å². The first-order valence-corrected chi connectivity index (χ1v) is 6.92. The van der Waals surface area contributed by atoms with Crippen LogP contribution in [0.25, 0.3) is 0 Å². The zero-order valence-corrected chi connectivity index (χ0v) is 11.4. The maximum absolute atomic E-state index is 11.9. The maximum atomic E-state index is 11.9. The third-order valence-corrected chi connectivity index (χ3v) is 3.57. The Balaban J connectivity index is 2.04. The molecule has 1 aromatic rings. The Bertz CT molecular complexity index is 417. The molecule has 1 fully saturated rings. The van der Waals surface area contributed by atoms with Crippen molar-refractivity contribution in [2.45, 2.75) is 45.4 Å². The van der Waals surface area contributed by atoms with Crippen LogP contribution in [0.15, 0.2) is 18.2 Å². The number of carbonyl (C=O) groups excluding carboxylic acids is 1. The topological polar surface area (TPSA) is 33.2 Å². The van der Waals surface area contributed by atoms with Crippen molar-refractivity contribution in [1.82, 2.24) is 9.88 Å². The number of likely N-dealkylation sites (tertiary alicyclic amines) is 1. The van der Waals surface area contributed by atoms with Crippen LogP contribution < -0.4 is 0 Å². The first-order chi connectivity index (χ1) is 8.70. The summed E-state index contributed by atoms with van der Waals surface area (Å²) in [6.07, 6.45) is 3.85. The molecule has 18 heavy (non-hydrogen) atoms. The highest BCUT2D eigenvalue weighted by Gasteiger charge is 2.24. The van der Waals surface area contributed by atoms with Crippen molar-refractivity contribution in [3.8, 4) is 0 Å². The highest BCUT2D eigenvalue weighted by atomic mass is 16.2. The van der Waals surface area contributed by atoms with Gasteiger partial charge in [0.15, 0.2) is 0 Å². The van der Waals surface area contributed by atoms with Gasteiger partial charge in [-0.3, -0.25) is 9.78 Å². The van der Waals surface area contributed by atoms with Gasteiger partial charge in [0.1, 0.15) is 0 Å². The molecule has 0 aromatic carbocycles. The van der Waals surface area contributed by atoms with E-state index in [9.17, 15) is 4.79 Å². The Hall–Kier alpha value is -1.38. The number of aryl methyl sites for hydroxylation is 1. The number of aromatic nitrogens is 1. The van der Waals surface area contributed by atoms with Crippen molar-refractivity contribution < 1.29 is 4.79 Å². The molecule has 0 radical (unpaired) electrons. The largest absolute Gasteiger partial charge is 0.342 e. The van der Waals surface area contributed by atoms with E-state index in [-0.39, 0.29) is 0 Å². The summed E-state index contributed by atoms with van der Waals surface area (Å²) in [7, 11) is 0. The van der Waals surface area contributed by atoms with Gasteiger partial charge in [0.25, 0.3) is 0 Å². The van der Waals surface area contributed by atoms with Gasteiger partial charge in [-0.1, -0.05) is 13.0 Å². The van der Waals surface area contributed by atoms with Crippen LogP contribution in [0.1, 0.15) is 49.9 Å². The maximum Gasteiger partial charge on any atom is 0.222 e. The van der Waals surface area contributed by atoms with Crippen LogP contribution in [0, 0.1) is 6.92 Å². The average Bonchev–Trinajstić information content (AvgIpc) is 2.39. The molecule has 0 saturated carbocycles. The quantitative estimate of drug-likeness (QED) is 0.821. The summed E-state index contributed by atoms with van der Waals surface area (Å²) < 4.78 is 0. The minimum atomic E-state index is 0.301. The summed E-state index contributed by atoms with van der Waals surface area (Å²) in [5, 5.41) is 0. The molecule has 1 saturated heterocycles. The number of piperidine rings is 1. The molecule has 1 aliphatic heterocycles. The second kappa shape index (κ2) is 5.98. The van der Waals surface area contributed by atoms with E-state index in [0.29, 0.717) is 18.2 Å². The van der Waals surface area contributed by atoms with Crippen LogP contribution in [0.5, 0.6) is 0 Å². The third-order valence-electron chi connectivity index (χ3n) is 3.57. The average molecular weight is 246 g/mol. The van der Waals surface area contributed by atoms with Gasteiger partial charge in [-0.2, -0.15) is 0 Å². The Morgan fingerprint density at radius 3 is 3.06 bits per heavy atom. The number of nitrogens with zero attached hydrogens (tertiary/aromatic N) is 2. The van der Waals surface area contributed by atoms with E-state index >= 15 is 0 Å². The summed E-state index contributed by atoms with van der Waals surface area (Å²) in [6.45, 7) is 5.84. The van der Waals surface area contributed by atoms with Gasteiger partial charge in [-0.25, -0.2) is 0 Å². The normalized spacial score (nSPS) is 19.9. The lowest BCUT2D eigenvalue weighted by molar-refractivity contribution is -0.132. The Labute approximate surface area is 109 Å². The van der Waals surface area contributed by atoms with Gasteiger partial charge in [0.2, 0.25) is 5.91 Å². The monoisotopic (exact) mass is 246 g/mol. The fourth-order valence-corrected chi connectivity index (χ4v) is 2.61. The molecule has 1 atom stereocenters. The number of rotatable bonds is 3. The molecule has 1 aliphatic rings. The zero-order chi connectivity index (χ0) is 13.0. The predicted octanol–water partition coefficient (Wildman–Crippen LogP) is 2.90. The van der Waals surface area contributed by atoms with Crippen molar-refractivity contribution in [3.05, 3.63) is 29.6 Å². The lowest BCUT2D eigenvalue weighted by Crippen LogP contribution is -2.39. The SMILES string of the molecule is CCCC(=O)N1CCC[C@H](c2cccc(C)n2)C1. The van der Waals surface area contributed by atoms with Crippen molar-refractivity contribution >= 4 is 5.91 Å². The van der Waals surface area contributed by atoms with E-state index in [2.05, 4.69) is 24.0 Å². The van der Waals surface area contributed by atoms with Crippen LogP contribution in [0.3, 0.4) is 0 Å². The number of hydrogen-bond donors (Lipinski definition) is 0. The predicted molar refractivity (Wildman–Crippen MR) is 72.4 cm³/mol. The Morgan fingerprint density at radius 1 is 1.50 bits per heavy atom. The number of pyridine rings is 1. The fraction of sp³-hybridized carbons (Fsp3) is 0.600. The minimum absolute atomic E-state index is 0.301. The zero-order valence-electron chi connectivity index (χ0n) is 11.4. The lowest BCUT2D eigenvalue weighted by Gasteiger charge is -2.32. The van der Waals surface area contributed by atoms with E-state index in [1.54, 1.807) is 0 Å². The van der Waals surface area contributed by atoms with Crippen LogP contribution in [-0.2, 0) is 4.79 Å². The van der Waals surface area contributed by atoms with Gasteiger partial charge in [0.05, 0.1) is 0 Å². The molecule has 1 amide bonds. The Kier molecular flexibility index (Phi) is 4.34. The summed E-state index contributed by atoms with van der Waals surface area (Å²) in [4.78, 5) is 18.6. The van der Waals surface area contributed by atoms with E-state index in [1.165, 1.54) is 0 Å². The van der Waals surface area contributed by atoms with Gasteiger partial charge in [-0.05, 0) is 38.3 Å². The van der Waals surface area contributed by atoms with Gasteiger partial charge >= 0.3 is 0 Å². The smallest absolute Gasteiger partial charge is 0.222 e. The van der Waals surface area contributed by atoms with Crippen LogP contribution in [0.4, 0.5) is 0 Å². The molecule has 3 nitrogen and oxygen atoms in total. The van der Waals surface area contributed by atoms with Crippen LogP contribution in [0.2, 0.25) is 0 Å². The molecular weight excluding hydrogens is 224 g/mol. The second-order valence-corrected chi connectivity index (χ2v) is 5.13. The number of amides is 1. The summed E-state index contributed by atoms with van der Waals surface area (Å²) in [5.74, 6) is 0.717. The molecule has 98 valence electrons. The van der Waals surface area contributed by atoms with Crippen molar-refractivity contribution in [1.29, 1.82) is 0 Å².